The Morgan fingerprint density at radius 3 is 2.00 bits per heavy atom. The highest BCUT2D eigenvalue weighted by atomic mass is 32.2. The van der Waals surface area contributed by atoms with Crippen LogP contribution < -0.4 is 15.4 Å². The normalized spacial score (nSPS) is 11.1. The first-order valence-corrected chi connectivity index (χ1v) is 10.9. The zero-order valence-electron chi connectivity index (χ0n) is 17.4. The molecule has 0 saturated carbocycles. The van der Waals surface area contributed by atoms with Crippen LogP contribution in [0.4, 0.5) is 11.4 Å². The summed E-state index contributed by atoms with van der Waals surface area (Å²) in [6, 6.07) is 17.7. The maximum absolute atomic E-state index is 12.9. The van der Waals surface area contributed by atoms with Gasteiger partial charge in [-0.05, 0) is 74.0 Å². The number of carbonyl (C=O) groups excluding carboxylic acids is 2. The maximum Gasteiger partial charge on any atom is 0.264 e. The highest BCUT2D eigenvalue weighted by molar-refractivity contribution is 7.92. The van der Waals surface area contributed by atoms with Crippen LogP contribution in [0.15, 0.2) is 71.6 Å². The van der Waals surface area contributed by atoms with Crippen molar-refractivity contribution in [1.82, 2.24) is 0 Å². The van der Waals surface area contributed by atoms with Crippen LogP contribution in [-0.4, -0.2) is 27.3 Å². The van der Waals surface area contributed by atoms with Crippen molar-refractivity contribution in [3.05, 3.63) is 89.0 Å². The van der Waals surface area contributed by atoms with E-state index in [0.29, 0.717) is 28.1 Å². The van der Waals surface area contributed by atoms with Gasteiger partial charge in [0, 0.05) is 23.9 Å². The quantitative estimate of drug-likeness (QED) is 0.615. The summed E-state index contributed by atoms with van der Waals surface area (Å²) in [4.78, 5) is 23.9. The van der Waals surface area contributed by atoms with Gasteiger partial charge in [-0.2, -0.15) is 0 Å². The van der Waals surface area contributed by atoms with Gasteiger partial charge in [-0.3, -0.25) is 13.9 Å². The number of amides is 2. The van der Waals surface area contributed by atoms with Gasteiger partial charge in [-0.15, -0.1) is 0 Å². The number of hydrogen-bond donors (Lipinski definition) is 2. The van der Waals surface area contributed by atoms with Crippen LogP contribution in [0.2, 0.25) is 0 Å². The number of benzene rings is 3. The molecule has 0 aliphatic rings. The smallest absolute Gasteiger partial charge is 0.264 e. The van der Waals surface area contributed by atoms with E-state index in [-0.39, 0.29) is 10.8 Å². The SMILES string of the molecule is Cc1ccc(S(=O)(=O)N(C)c2ccc(C(=O)Nc3ccc(C(N)=O)cc3)cc2C)cc1. The second-order valence-electron chi connectivity index (χ2n) is 7.18. The Labute approximate surface area is 181 Å². The van der Waals surface area contributed by atoms with Crippen LogP contribution in [0.1, 0.15) is 31.8 Å². The van der Waals surface area contributed by atoms with Gasteiger partial charge in [0.25, 0.3) is 15.9 Å². The van der Waals surface area contributed by atoms with Crippen molar-refractivity contribution >= 4 is 33.2 Å². The fourth-order valence-corrected chi connectivity index (χ4v) is 4.33. The van der Waals surface area contributed by atoms with Crippen LogP contribution in [-0.2, 0) is 10.0 Å². The van der Waals surface area contributed by atoms with Crippen LogP contribution in [0, 0.1) is 13.8 Å². The highest BCUT2D eigenvalue weighted by Gasteiger charge is 2.23. The van der Waals surface area contributed by atoms with Crippen LogP contribution >= 0.6 is 0 Å². The average Bonchev–Trinajstić information content (AvgIpc) is 2.73. The van der Waals surface area contributed by atoms with E-state index in [1.54, 1.807) is 61.5 Å². The predicted molar refractivity (Wildman–Crippen MR) is 121 cm³/mol. The molecular formula is C23H23N3O4S. The predicted octanol–water partition coefficient (Wildman–Crippen LogP) is 3.48. The lowest BCUT2D eigenvalue weighted by Gasteiger charge is -2.22. The number of sulfonamides is 1. The minimum atomic E-state index is -3.73. The average molecular weight is 438 g/mol. The Kier molecular flexibility index (Phi) is 6.12. The van der Waals surface area contributed by atoms with E-state index in [1.165, 1.54) is 23.5 Å². The standard InChI is InChI=1S/C23H23N3O4S/c1-15-4-11-20(12-5-15)31(29,30)26(3)21-13-8-18(14-16(21)2)23(28)25-19-9-6-17(7-10-19)22(24)27/h4-14H,1-3H3,(H2,24,27)(H,25,28). The minimum Gasteiger partial charge on any atom is -0.366 e. The Balaban J connectivity index is 1.81. The van der Waals surface area contributed by atoms with Gasteiger partial charge in [0.15, 0.2) is 0 Å². The van der Waals surface area contributed by atoms with Gasteiger partial charge in [-0.25, -0.2) is 8.42 Å². The van der Waals surface area contributed by atoms with Gasteiger partial charge in [0.1, 0.15) is 0 Å². The van der Waals surface area contributed by atoms with Crippen LogP contribution in [0.3, 0.4) is 0 Å². The van der Waals surface area contributed by atoms with Crippen LogP contribution in [0.25, 0.3) is 0 Å². The van der Waals surface area contributed by atoms with Crippen molar-refractivity contribution in [2.45, 2.75) is 18.7 Å². The second-order valence-corrected chi connectivity index (χ2v) is 9.15. The topological polar surface area (TPSA) is 110 Å². The van der Waals surface area contributed by atoms with Crippen molar-refractivity contribution in [2.24, 2.45) is 5.73 Å². The van der Waals surface area contributed by atoms with E-state index in [1.807, 2.05) is 6.92 Å². The molecule has 7 nitrogen and oxygen atoms in total. The molecule has 160 valence electrons. The molecule has 3 N–H and O–H groups in total. The zero-order valence-corrected chi connectivity index (χ0v) is 18.2. The van der Waals surface area contributed by atoms with Crippen molar-refractivity contribution in [3.63, 3.8) is 0 Å². The molecule has 0 unspecified atom stereocenters. The third kappa shape index (κ3) is 4.75. The van der Waals surface area contributed by atoms with E-state index in [4.69, 9.17) is 5.73 Å². The molecule has 0 bridgehead atoms. The number of nitrogens with zero attached hydrogens (tertiary/aromatic N) is 1. The first-order valence-electron chi connectivity index (χ1n) is 9.47. The molecule has 0 atom stereocenters. The first kappa shape index (κ1) is 22.0. The van der Waals surface area contributed by atoms with E-state index in [9.17, 15) is 18.0 Å². The maximum atomic E-state index is 12.9. The summed E-state index contributed by atoms with van der Waals surface area (Å²) in [6.07, 6.45) is 0. The Morgan fingerprint density at radius 2 is 1.45 bits per heavy atom. The largest absolute Gasteiger partial charge is 0.366 e. The number of nitrogens with one attached hydrogen (secondary N) is 1. The number of carbonyl (C=O) groups is 2. The lowest BCUT2D eigenvalue weighted by Crippen LogP contribution is -2.27. The van der Waals surface area contributed by atoms with E-state index >= 15 is 0 Å². The lowest BCUT2D eigenvalue weighted by molar-refractivity contribution is 0.0998. The summed E-state index contributed by atoms with van der Waals surface area (Å²) in [5.41, 5.74) is 8.52. The third-order valence-corrected chi connectivity index (χ3v) is 6.69. The molecule has 0 radical (unpaired) electrons. The molecule has 0 saturated heterocycles. The van der Waals surface area contributed by atoms with Gasteiger partial charge in [0.05, 0.1) is 10.6 Å². The van der Waals surface area contributed by atoms with Crippen molar-refractivity contribution in [3.8, 4) is 0 Å². The summed E-state index contributed by atoms with van der Waals surface area (Å²) in [5.74, 6) is -0.903. The molecular weight excluding hydrogens is 414 g/mol. The molecule has 0 fully saturated rings. The van der Waals surface area contributed by atoms with Crippen molar-refractivity contribution < 1.29 is 18.0 Å². The molecule has 3 rings (SSSR count). The van der Waals surface area contributed by atoms with Crippen molar-refractivity contribution in [2.75, 3.05) is 16.7 Å². The molecule has 31 heavy (non-hydrogen) atoms. The van der Waals surface area contributed by atoms with Gasteiger partial charge < -0.3 is 11.1 Å². The van der Waals surface area contributed by atoms with Gasteiger partial charge in [0.2, 0.25) is 5.91 Å². The molecule has 0 aliphatic carbocycles. The number of anilines is 2. The molecule has 0 spiro atoms. The summed E-state index contributed by atoms with van der Waals surface area (Å²) >= 11 is 0. The Bertz CT molecular complexity index is 1230. The lowest BCUT2D eigenvalue weighted by atomic mass is 10.1. The van der Waals surface area contributed by atoms with E-state index < -0.39 is 15.9 Å². The molecule has 0 heterocycles. The number of rotatable bonds is 6. The molecule has 8 heteroatoms. The number of nitrogens with two attached hydrogens (primary N) is 1. The Hall–Kier alpha value is -3.65. The highest BCUT2D eigenvalue weighted by Crippen LogP contribution is 2.26. The van der Waals surface area contributed by atoms with E-state index in [2.05, 4.69) is 5.32 Å². The third-order valence-electron chi connectivity index (χ3n) is 4.90. The first-order chi connectivity index (χ1) is 14.6. The molecule has 0 aliphatic heterocycles. The van der Waals surface area contributed by atoms with E-state index in [0.717, 1.165) is 5.56 Å². The van der Waals surface area contributed by atoms with Gasteiger partial charge >= 0.3 is 0 Å². The number of aryl methyl sites for hydroxylation is 2. The zero-order chi connectivity index (χ0) is 22.8. The summed E-state index contributed by atoms with van der Waals surface area (Å²) in [6.45, 7) is 3.63. The fraction of sp³-hybridized carbons (Fsp3) is 0.130. The minimum absolute atomic E-state index is 0.196. The summed E-state index contributed by atoms with van der Waals surface area (Å²) in [5, 5.41) is 2.74. The molecule has 0 aromatic heterocycles. The van der Waals surface area contributed by atoms with Crippen molar-refractivity contribution in [1.29, 1.82) is 0 Å². The number of hydrogen-bond acceptors (Lipinski definition) is 4. The fourth-order valence-electron chi connectivity index (χ4n) is 3.07. The summed E-state index contributed by atoms with van der Waals surface area (Å²) in [7, 11) is -2.25. The molecule has 3 aromatic carbocycles. The Morgan fingerprint density at radius 1 is 0.871 bits per heavy atom. The second kappa shape index (κ2) is 8.61. The van der Waals surface area contributed by atoms with Gasteiger partial charge in [-0.1, -0.05) is 17.7 Å². The molecule has 3 aromatic rings. The number of primary amides is 1. The van der Waals surface area contributed by atoms with Crippen LogP contribution in [0.5, 0.6) is 0 Å². The molecule has 2 amide bonds. The monoisotopic (exact) mass is 437 g/mol. The summed E-state index contributed by atoms with van der Waals surface area (Å²) < 4.78 is 27.1.